The molecule has 1 heterocycles. The van der Waals surface area contributed by atoms with E-state index in [0.717, 1.165) is 16.7 Å². The number of ether oxygens (including phenoxy) is 1. The lowest BCUT2D eigenvalue weighted by molar-refractivity contribution is -0.136. The summed E-state index contributed by atoms with van der Waals surface area (Å²) in [6, 6.07) is 11.4. The Balaban J connectivity index is 1.76. The van der Waals surface area contributed by atoms with Crippen molar-refractivity contribution in [3.8, 4) is 5.75 Å². The molecule has 1 aliphatic rings. The van der Waals surface area contributed by atoms with Gasteiger partial charge < -0.3 is 9.64 Å². The van der Waals surface area contributed by atoms with Crippen molar-refractivity contribution in [3.63, 3.8) is 0 Å². The molecule has 0 aromatic heterocycles. The molecule has 0 aliphatic carbocycles. The van der Waals surface area contributed by atoms with Crippen LogP contribution in [0, 0.1) is 13.8 Å². The lowest BCUT2D eigenvalue weighted by atomic mass is 10.0. The molecule has 0 spiro atoms. The first-order valence-electron chi connectivity index (χ1n) is 10.5. The molecule has 168 valence electrons. The molecule has 2 aromatic carbocycles. The smallest absolute Gasteiger partial charge is 0.261 e. The topological polar surface area (TPSA) is 63.7 Å². The fourth-order valence-corrected chi connectivity index (χ4v) is 5.70. The number of carbonyl (C=O) groups is 1. The van der Waals surface area contributed by atoms with Crippen LogP contribution in [0.3, 0.4) is 0 Å². The molecule has 5 nitrogen and oxygen atoms in total. The van der Waals surface area contributed by atoms with E-state index in [4.69, 9.17) is 16.3 Å². The summed E-state index contributed by atoms with van der Waals surface area (Å²) < 4.78 is 29.9. The van der Waals surface area contributed by atoms with Crippen LogP contribution in [0.1, 0.15) is 48.4 Å². The molecule has 31 heavy (non-hydrogen) atoms. The highest BCUT2D eigenvalue weighted by Crippen LogP contribution is 2.26. The van der Waals surface area contributed by atoms with E-state index < -0.39 is 9.84 Å². The van der Waals surface area contributed by atoms with Crippen LogP contribution in [0.5, 0.6) is 5.75 Å². The summed E-state index contributed by atoms with van der Waals surface area (Å²) >= 11 is 6.21. The minimum atomic E-state index is -3.12. The molecule has 1 unspecified atom stereocenters. The highest BCUT2D eigenvalue weighted by molar-refractivity contribution is 7.91. The van der Waals surface area contributed by atoms with Crippen molar-refractivity contribution in [1.29, 1.82) is 0 Å². The number of sulfone groups is 1. The van der Waals surface area contributed by atoms with Gasteiger partial charge in [-0.3, -0.25) is 4.79 Å². The van der Waals surface area contributed by atoms with Crippen molar-refractivity contribution in [2.45, 2.75) is 52.6 Å². The summed E-state index contributed by atoms with van der Waals surface area (Å²) in [7, 11) is -3.12. The van der Waals surface area contributed by atoms with Crippen molar-refractivity contribution >= 4 is 27.3 Å². The molecule has 2 aromatic rings. The Morgan fingerprint density at radius 2 is 1.77 bits per heavy atom. The second kappa shape index (κ2) is 9.61. The second-order valence-electron chi connectivity index (χ2n) is 8.63. The van der Waals surface area contributed by atoms with E-state index >= 15 is 0 Å². The second-order valence-corrected chi connectivity index (χ2v) is 11.2. The van der Waals surface area contributed by atoms with Gasteiger partial charge in [-0.05, 0) is 60.6 Å². The van der Waals surface area contributed by atoms with Crippen LogP contribution >= 0.6 is 11.6 Å². The number of hydrogen-bond acceptors (Lipinski definition) is 4. The van der Waals surface area contributed by atoms with Crippen LogP contribution in [0.15, 0.2) is 36.4 Å². The van der Waals surface area contributed by atoms with Gasteiger partial charge in [0.05, 0.1) is 11.5 Å². The van der Waals surface area contributed by atoms with Crippen LogP contribution < -0.4 is 4.74 Å². The van der Waals surface area contributed by atoms with Crippen LogP contribution in [0.2, 0.25) is 5.02 Å². The number of rotatable bonds is 7. The fraction of sp³-hybridized carbons (Fsp3) is 0.458. The third-order valence-corrected chi connectivity index (χ3v) is 8.09. The Bertz CT molecular complexity index is 1020. The first-order valence-corrected chi connectivity index (χ1v) is 12.7. The molecule has 1 fully saturated rings. The van der Waals surface area contributed by atoms with Crippen LogP contribution in [-0.2, 0) is 21.2 Å². The summed E-state index contributed by atoms with van der Waals surface area (Å²) in [5.74, 6) is 0.895. The van der Waals surface area contributed by atoms with E-state index in [1.807, 2.05) is 26.0 Å². The number of carbonyl (C=O) groups excluding carboxylic acids is 1. The van der Waals surface area contributed by atoms with Gasteiger partial charge in [-0.1, -0.05) is 49.7 Å². The summed E-state index contributed by atoms with van der Waals surface area (Å²) in [6.45, 7) is 8.25. The van der Waals surface area contributed by atoms with E-state index in [0.29, 0.717) is 29.7 Å². The van der Waals surface area contributed by atoms with Crippen molar-refractivity contribution < 1.29 is 17.9 Å². The maximum atomic E-state index is 13.1. The van der Waals surface area contributed by atoms with E-state index in [9.17, 15) is 13.2 Å². The average molecular weight is 464 g/mol. The van der Waals surface area contributed by atoms with Gasteiger partial charge in [-0.15, -0.1) is 0 Å². The maximum Gasteiger partial charge on any atom is 0.261 e. The lowest BCUT2D eigenvalue weighted by Crippen LogP contribution is -2.43. The Morgan fingerprint density at radius 1 is 1.16 bits per heavy atom. The van der Waals surface area contributed by atoms with Gasteiger partial charge in [0, 0.05) is 17.6 Å². The minimum Gasteiger partial charge on any atom is -0.484 e. The van der Waals surface area contributed by atoms with E-state index in [1.54, 1.807) is 17.0 Å². The molecule has 0 saturated carbocycles. The van der Waals surface area contributed by atoms with Gasteiger partial charge >= 0.3 is 0 Å². The molecule has 1 amide bonds. The normalized spacial score (nSPS) is 17.7. The standard InChI is InChI=1S/C24H30ClNO4S/c1-16(2)20-7-5-19(6-8-20)13-26(21-9-10-31(28,29)15-21)23(27)14-30-22-11-17(3)24(25)18(4)12-22/h5-8,11-12,16,21H,9-10,13-15H2,1-4H3. The summed E-state index contributed by atoms with van der Waals surface area (Å²) in [5.41, 5.74) is 3.96. The predicted octanol–water partition coefficient (Wildman–Crippen LogP) is 4.67. The highest BCUT2D eigenvalue weighted by atomic mass is 35.5. The van der Waals surface area contributed by atoms with E-state index in [1.165, 1.54) is 5.56 Å². The summed E-state index contributed by atoms with van der Waals surface area (Å²) in [6.07, 6.45) is 0.456. The van der Waals surface area contributed by atoms with Gasteiger partial charge in [0.15, 0.2) is 16.4 Å². The zero-order chi connectivity index (χ0) is 22.8. The SMILES string of the molecule is Cc1cc(OCC(=O)N(Cc2ccc(C(C)C)cc2)C2CCS(=O)(=O)C2)cc(C)c1Cl. The fourth-order valence-electron chi connectivity index (χ4n) is 3.86. The highest BCUT2D eigenvalue weighted by Gasteiger charge is 2.34. The number of aryl methyl sites for hydroxylation is 2. The van der Waals surface area contributed by atoms with Crippen molar-refractivity contribution in [3.05, 3.63) is 63.7 Å². The molecule has 1 saturated heterocycles. The van der Waals surface area contributed by atoms with Crippen LogP contribution in [0.4, 0.5) is 0 Å². The zero-order valence-corrected chi connectivity index (χ0v) is 20.1. The molecular weight excluding hydrogens is 434 g/mol. The number of hydrogen-bond donors (Lipinski definition) is 0. The Kier molecular flexibility index (Phi) is 7.32. The molecule has 1 atom stereocenters. The number of amides is 1. The zero-order valence-electron chi connectivity index (χ0n) is 18.5. The molecule has 1 aliphatic heterocycles. The molecule has 0 N–H and O–H groups in total. The van der Waals surface area contributed by atoms with Gasteiger partial charge in [-0.25, -0.2) is 8.42 Å². The molecule has 3 rings (SSSR count). The van der Waals surface area contributed by atoms with Gasteiger partial charge in [0.25, 0.3) is 5.91 Å². The first kappa shape index (κ1) is 23.6. The van der Waals surface area contributed by atoms with Gasteiger partial charge in [0.2, 0.25) is 0 Å². The molecular formula is C24H30ClNO4S. The summed E-state index contributed by atoms with van der Waals surface area (Å²) in [5, 5.41) is 0.682. The van der Waals surface area contributed by atoms with Crippen molar-refractivity contribution in [2.75, 3.05) is 18.1 Å². The molecule has 0 bridgehead atoms. The number of halogens is 1. The summed E-state index contributed by atoms with van der Waals surface area (Å²) in [4.78, 5) is 14.8. The quantitative estimate of drug-likeness (QED) is 0.598. The molecule has 0 radical (unpaired) electrons. The minimum absolute atomic E-state index is 0.00196. The first-order chi connectivity index (χ1) is 14.6. The Hall–Kier alpha value is -2.05. The Morgan fingerprint density at radius 3 is 2.29 bits per heavy atom. The third-order valence-electron chi connectivity index (χ3n) is 5.74. The average Bonchev–Trinajstić information content (AvgIpc) is 3.08. The lowest BCUT2D eigenvalue weighted by Gasteiger charge is -2.28. The van der Waals surface area contributed by atoms with Crippen molar-refractivity contribution in [2.24, 2.45) is 0 Å². The predicted molar refractivity (Wildman–Crippen MR) is 125 cm³/mol. The number of benzene rings is 2. The van der Waals surface area contributed by atoms with Crippen molar-refractivity contribution in [1.82, 2.24) is 4.90 Å². The van der Waals surface area contributed by atoms with Gasteiger partial charge in [-0.2, -0.15) is 0 Å². The maximum absolute atomic E-state index is 13.1. The number of nitrogens with zero attached hydrogens (tertiary/aromatic N) is 1. The Labute approximate surface area is 190 Å². The molecule has 7 heteroatoms. The van der Waals surface area contributed by atoms with Crippen LogP contribution in [0.25, 0.3) is 0 Å². The largest absolute Gasteiger partial charge is 0.484 e. The van der Waals surface area contributed by atoms with Crippen LogP contribution in [-0.4, -0.2) is 43.4 Å². The third kappa shape index (κ3) is 6.01. The monoisotopic (exact) mass is 463 g/mol. The van der Waals surface area contributed by atoms with Gasteiger partial charge in [0.1, 0.15) is 5.75 Å². The van der Waals surface area contributed by atoms with E-state index in [-0.39, 0.29) is 30.1 Å². The van der Waals surface area contributed by atoms with E-state index in [2.05, 4.69) is 26.0 Å².